The third-order valence-electron chi connectivity index (χ3n) is 6.17. The molecule has 1 amide bonds. The molecule has 2 aromatic carbocycles. The Morgan fingerprint density at radius 2 is 1.84 bits per heavy atom. The smallest absolute Gasteiger partial charge is 0.243 e. The van der Waals surface area contributed by atoms with Gasteiger partial charge in [0.2, 0.25) is 5.91 Å². The number of carbonyl (C=O) groups is 1. The number of hydrogen-bond acceptors (Lipinski definition) is 7. The Bertz CT molecular complexity index is 1260. The van der Waals surface area contributed by atoms with Gasteiger partial charge in [-0.2, -0.15) is 0 Å². The molecule has 1 atom stereocenters. The van der Waals surface area contributed by atoms with Gasteiger partial charge in [0, 0.05) is 24.7 Å². The van der Waals surface area contributed by atoms with E-state index in [1.807, 2.05) is 42.5 Å². The van der Waals surface area contributed by atoms with Crippen LogP contribution in [0.5, 0.6) is 5.75 Å². The Labute approximate surface area is 216 Å². The van der Waals surface area contributed by atoms with Crippen LogP contribution < -0.4 is 20.9 Å². The van der Waals surface area contributed by atoms with Gasteiger partial charge in [-0.1, -0.05) is 36.8 Å². The molecule has 0 saturated heterocycles. The van der Waals surface area contributed by atoms with E-state index in [0.29, 0.717) is 13.0 Å². The van der Waals surface area contributed by atoms with Gasteiger partial charge in [0.05, 0.1) is 5.39 Å². The maximum Gasteiger partial charge on any atom is 0.243 e. The lowest BCUT2D eigenvalue weighted by Gasteiger charge is -2.15. The second kappa shape index (κ2) is 13.4. The van der Waals surface area contributed by atoms with Crippen molar-refractivity contribution in [2.45, 2.75) is 38.6 Å². The quantitative estimate of drug-likeness (QED) is 0.0950. The molecule has 0 aliphatic rings. The van der Waals surface area contributed by atoms with Crippen molar-refractivity contribution < 1.29 is 14.7 Å². The summed E-state index contributed by atoms with van der Waals surface area (Å²) in [4.78, 5) is 23.2. The molecule has 4 aromatic rings. The lowest BCUT2D eigenvalue weighted by Crippen LogP contribution is -2.22. The summed E-state index contributed by atoms with van der Waals surface area (Å²) < 4.78 is 5.85. The molecule has 9 nitrogen and oxygen atoms in total. The predicted molar refractivity (Wildman–Crippen MR) is 145 cm³/mol. The van der Waals surface area contributed by atoms with Crippen molar-refractivity contribution in [1.29, 1.82) is 0 Å². The third-order valence-corrected chi connectivity index (χ3v) is 6.17. The zero-order valence-corrected chi connectivity index (χ0v) is 21.0. The Hall–Kier alpha value is -3.95. The van der Waals surface area contributed by atoms with E-state index in [1.54, 1.807) is 11.8 Å². The first kappa shape index (κ1) is 26.1. The van der Waals surface area contributed by atoms with Gasteiger partial charge in [0.1, 0.15) is 30.1 Å². The minimum Gasteiger partial charge on any atom is -0.492 e. The van der Waals surface area contributed by atoms with Gasteiger partial charge >= 0.3 is 0 Å². The van der Waals surface area contributed by atoms with E-state index >= 15 is 0 Å². The molecule has 0 saturated carbocycles. The summed E-state index contributed by atoms with van der Waals surface area (Å²) in [5.41, 5.74) is 5.64. The predicted octanol–water partition coefficient (Wildman–Crippen LogP) is 4.83. The van der Waals surface area contributed by atoms with Gasteiger partial charge in [-0.3, -0.25) is 10.0 Å². The molecule has 0 aliphatic carbocycles. The van der Waals surface area contributed by atoms with Gasteiger partial charge in [-0.05, 0) is 67.8 Å². The van der Waals surface area contributed by atoms with Crippen LogP contribution in [-0.4, -0.2) is 45.8 Å². The molecule has 2 aromatic heterocycles. The number of benzene rings is 2. The summed E-state index contributed by atoms with van der Waals surface area (Å²) in [6, 6.07) is 20.5. The first-order valence-electron chi connectivity index (χ1n) is 12.7. The third kappa shape index (κ3) is 7.52. The molecule has 37 heavy (non-hydrogen) atoms. The van der Waals surface area contributed by atoms with Crippen LogP contribution >= 0.6 is 0 Å². The van der Waals surface area contributed by atoms with Gasteiger partial charge < -0.3 is 20.4 Å². The van der Waals surface area contributed by atoms with Crippen LogP contribution in [0.15, 0.2) is 67.0 Å². The van der Waals surface area contributed by atoms with Crippen LogP contribution in [-0.2, 0) is 4.79 Å². The van der Waals surface area contributed by atoms with Gasteiger partial charge in [0.15, 0.2) is 0 Å². The van der Waals surface area contributed by atoms with Crippen molar-refractivity contribution in [3.05, 3.63) is 72.6 Å². The molecule has 194 valence electrons. The number of anilines is 1. The number of fused-ring (bicyclic) bond motifs is 1. The number of rotatable bonds is 14. The minimum absolute atomic E-state index is 0.115. The Kier molecular flexibility index (Phi) is 9.45. The fraction of sp³-hybridized carbons (Fsp3) is 0.321. The topological polar surface area (TPSA) is 124 Å². The number of ether oxygens (including phenoxy) is 1. The number of aromatic nitrogens is 3. The van der Waals surface area contributed by atoms with Crippen molar-refractivity contribution in [2.75, 3.05) is 25.0 Å². The number of unbranched alkanes of at least 4 members (excludes halogenated alkanes) is 2. The SMILES string of the molecule is CC(Nc1ncnc2[nH]c(-c3ccc(OCCNCCCCCC(=O)NO)cc3)cc12)c1ccccc1. The number of hydrogen-bond donors (Lipinski definition) is 5. The normalized spacial score (nSPS) is 11.8. The minimum atomic E-state index is -0.333. The molecule has 9 heteroatoms. The highest BCUT2D eigenvalue weighted by atomic mass is 16.5. The molecule has 0 aliphatic heterocycles. The lowest BCUT2D eigenvalue weighted by atomic mass is 10.1. The highest BCUT2D eigenvalue weighted by Gasteiger charge is 2.12. The number of hydroxylamine groups is 1. The van der Waals surface area contributed by atoms with Crippen LogP contribution in [0.25, 0.3) is 22.3 Å². The first-order valence-corrected chi connectivity index (χ1v) is 12.7. The van der Waals surface area contributed by atoms with Crippen molar-refractivity contribution in [3.63, 3.8) is 0 Å². The Morgan fingerprint density at radius 1 is 1.03 bits per heavy atom. The molecule has 2 heterocycles. The summed E-state index contributed by atoms with van der Waals surface area (Å²) in [6.45, 7) is 4.31. The van der Waals surface area contributed by atoms with Gasteiger partial charge in [-0.25, -0.2) is 15.4 Å². The maximum absolute atomic E-state index is 11.0. The summed E-state index contributed by atoms with van der Waals surface area (Å²) in [7, 11) is 0. The number of aromatic amines is 1. The summed E-state index contributed by atoms with van der Waals surface area (Å²) in [6.07, 6.45) is 4.61. The highest BCUT2D eigenvalue weighted by Crippen LogP contribution is 2.29. The fourth-order valence-electron chi connectivity index (χ4n) is 4.11. The summed E-state index contributed by atoms with van der Waals surface area (Å²) in [5.74, 6) is 1.28. The molecule has 0 spiro atoms. The zero-order valence-electron chi connectivity index (χ0n) is 21.0. The first-order chi connectivity index (χ1) is 18.1. The van der Waals surface area contributed by atoms with E-state index in [2.05, 4.69) is 50.7 Å². The summed E-state index contributed by atoms with van der Waals surface area (Å²) in [5, 5.41) is 16.3. The standard InChI is InChI=1S/C28H34N6O3/c1-20(21-8-4-2-5-9-21)32-27-24-18-25(33-28(24)31-19-30-27)22-11-13-23(14-12-22)37-17-16-29-15-7-3-6-10-26(35)34-36/h2,4-5,8-9,11-14,18-20,29,36H,3,6-7,10,15-17H2,1H3,(H,34,35)(H2,30,31,32,33). The monoisotopic (exact) mass is 502 g/mol. The van der Waals surface area contributed by atoms with E-state index in [1.165, 1.54) is 5.56 Å². The van der Waals surface area contributed by atoms with E-state index in [-0.39, 0.29) is 11.9 Å². The number of H-pyrrole nitrogens is 1. The van der Waals surface area contributed by atoms with Gasteiger partial charge in [-0.15, -0.1) is 0 Å². The van der Waals surface area contributed by atoms with E-state index in [4.69, 9.17) is 9.94 Å². The van der Waals surface area contributed by atoms with Crippen LogP contribution in [0.1, 0.15) is 44.2 Å². The Balaban J connectivity index is 1.26. The number of carbonyl (C=O) groups excluding carboxylic acids is 1. The van der Waals surface area contributed by atoms with Crippen LogP contribution in [0.3, 0.4) is 0 Å². The highest BCUT2D eigenvalue weighted by molar-refractivity contribution is 5.91. The molecule has 4 rings (SSSR count). The van der Waals surface area contributed by atoms with Crippen molar-refractivity contribution in [3.8, 4) is 17.0 Å². The largest absolute Gasteiger partial charge is 0.492 e. The number of nitrogens with one attached hydrogen (secondary N) is 4. The maximum atomic E-state index is 11.0. The number of amides is 1. The van der Waals surface area contributed by atoms with Crippen molar-refractivity contribution >= 4 is 22.8 Å². The lowest BCUT2D eigenvalue weighted by molar-refractivity contribution is -0.129. The van der Waals surface area contributed by atoms with Crippen LogP contribution in [0.2, 0.25) is 0 Å². The molecule has 1 unspecified atom stereocenters. The summed E-state index contributed by atoms with van der Waals surface area (Å²) >= 11 is 0. The molecule has 0 bridgehead atoms. The molecule has 0 radical (unpaired) electrons. The average Bonchev–Trinajstić information content (AvgIpc) is 3.38. The Morgan fingerprint density at radius 3 is 2.62 bits per heavy atom. The zero-order chi connectivity index (χ0) is 25.9. The molecular formula is C28H34N6O3. The van der Waals surface area contributed by atoms with Crippen molar-refractivity contribution in [1.82, 2.24) is 25.7 Å². The average molecular weight is 503 g/mol. The van der Waals surface area contributed by atoms with Crippen LogP contribution in [0.4, 0.5) is 5.82 Å². The second-order valence-corrected chi connectivity index (χ2v) is 8.91. The fourth-order valence-corrected chi connectivity index (χ4v) is 4.11. The van der Waals surface area contributed by atoms with E-state index in [0.717, 1.165) is 66.2 Å². The second-order valence-electron chi connectivity index (χ2n) is 8.91. The molecule has 5 N–H and O–H groups in total. The molecule has 0 fully saturated rings. The molecular weight excluding hydrogens is 468 g/mol. The number of nitrogens with zero attached hydrogens (tertiary/aromatic N) is 2. The van der Waals surface area contributed by atoms with E-state index < -0.39 is 0 Å². The van der Waals surface area contributed by atoms with E-state index in [9.17, 15) is 4.79 Å². The van der Waals surface area contributed by atoms with Gasteiger partial charge in [0.25, 0.3) is 0 Å². The van der Waals surface area contributed by atoms with Crippen molar-refractivity contribution in [2.24, 2.45) is 0 Å². The van der Waals surface area contributed by atoms with Crippen LogP contribution in [0, 0.1) is 0 Å².